The van der Waals surface area contributed by atoms with Gasteiger partial charge in [-0.2, -0.15) is 0 Å². The first-order chi connectivity index (χ1) is 14.2. The summed E-state index contributed by atoms with van der Waals surface area (Å²) in [4.78, 5) is 24.7. The van der Waals surface area contributed by atoms with Gasteiger partial charge in [-0.3, -0.25) is 4.79 Å². The molecule has 0 spiro atoms. The number of esters is 1. The zero-order valence-electron chi connectivity index (χ0n) is 15.2. The number of nitrogens with one attached hydrogen (secondary N) is 1. The molecule has 0 bridgehead atoms. The molecule has 29 heavy (non-hydrogen) atoms. The van der Waals surface area contributed by atoms with Gasteiger partial charge in [0.2, 0.25) is 5.76 Å². The maximum atomic E-state index is 12.4. The maximum Gasteiger partial charge on any atom is 0.338 e. The first-order valence-electron chi connectivity index (χ1n) is 8.82. The second-order valence-corrected chi connectivity index (χ2v) is 6.15. The van der Waals surface area contributed by atoms with E-state index < -0.39 is 11.9 Å². The lowest BCUT2D eigenvalue weighted by molar-refractivity contribution is 0.0472. The molecule has 1 amide bonds. The molecule has 0 unspecified atom stereocenters. The molecule has 0 saturated heterocycles. The van der Waals surface area contributed by atoms with E-state index in [0.717, 1.165) is 5.56 Å². The number of ether oxygens (including phenoxy) is 1. The molecular formula is C22H16N2O5. The predicted octanol–water partition coefficient (Wildman–Crippen LogP) is 4.54. The van der Waals surface area contributed by atoms with Crippen LogP contribution in [-0.2, 0) is 11.3 Å². The van der Waals surface area contributed by atoms with Crippen molar-refractivity contribution in [2.75, 3.05) is 5.32 Å². The Labute approximate surface area is 165 Å². The van der Waals surface area contributed by atoms with Crippen LogP contribution < -0.4 is 5.32 Å². The van der Waals surface area contributed by atoms with E-state index in [4.69, 9.17) is 13.7 Å². The largest absolute Gasteiger partial charge is 0.461 e. The Bertz CT molecular complexity index is 1120. The third-order valence-electron chi connectivity index (χ3n) is 4.08. The molecule has 2 aromatic heterocycles. The van der Waals surface area contributed by atoms with Crippen molar-refractivity contribution in [1.29, 1.82) is 0 Å². The van der Waals surface area contributed by atoms with Gasteiger partial charge in [0.15, 0.2) is 11.5 Å². The van der Waals surface area contributed by atoms with Gasteiger partial charge in [0.05, 0.1) is 11.8 Å². The number of amides is 1. The van der Waals surface area contributed by atoms with E-state index in [1.807, 2.05) is 30.3 Å². The van der Waals surface area contributed by atoms with Gasteiger partial charge in [-0.05, 0) is 35.9 Å². The quantitative estimate of drug-likeness (QED) is 0.487. The summed E-state index contributed by atoms with van der Waals surface area (Å²) in [5.74, 6) is -0.133. The highest BCUT2D eigenvalue weighted by molar-refractivity contribution is 6.03. The fourth-order valence-electron chi connectivity index (χ4n) is 2.64. The van der Waals surface area contributed by atoms with Gasteiger partial charge < -0.3 is 19.0 Å². The van der Waals surface area contributed by atoms with Crippen molar-refractivity contribution in [2.24, 2.45) is 0 Å². The molecule has 0 saturated carbocycles. The Balaban J connectivity index is 1.40. The van der Waals surface area contributed by atoms with Crippen molar-refractivity contribution in [3.63, 3.8) is 0 Å². The van der Waals surface area contributed by atoms with Crippen molar-refractivity contribution in [3.05, 3.63) is 95.9 Å². The number of anilines is 1. The van der Waals surface area contributed by atoms with E-state index in [1.165, 1.54) is 12.3 Å². The van der Waals surface area contributed by atoms with Crippen LogP contribution in [0.15, 0.2) is 88.0 Å². The molecule has 0 aliphatic carbocycles. The van der Waals surface area contributed by atoms with Gasteiger partial charge in [-0.25, -0.2) is 4.79 Å². The lowest BCUT2D eigenvalue weighted by Gasteiger charge is -2.07. The highest BCUT2D eigenvalue weighted by atomic mass is 16.5. The highest BCUT2D eigenvalue weighted by Gasteiger charge is 2.16. The minimum Gasteiger partial charge on any atom is -0.461 e. The van der Waals surface area contributed by atoms with Crippen LogP contribution >= 0.6 is 0 Å². The fraction of sp³-hybridized carbons (Fsp3) is 0.0455. The van der Waals surface area contributed by atoms with Crippen LogP contribution in [0.25, 0.3) is 11.5 Å². The molecule has 2 aromatic carbocycles. The first-order valence-corrected chi connectivity index (χ1v) is 8.82. The molecular weight excluding hydrogens is 372 g/mol. The van der Waals surface area contributed by atoms with E-state index in [2.05, 4.69) is 10.5 Å². The summed E-state index contributed by atoms with van der Waals surface area (Å²) in [6.45, 7) is 0.171. The number of carbonyl (C=O) groups is 2. The van der Waals surface area contributed by atoms with Crippen LogP contribution in [-0.4, -0.2) is 17.0 Å². The van der Waals surface area contributed by atoms with Crippen LogP contribution in [0.1, 0.15) is 26.4 Å². The third-order valence-corrected chi connectivity index (χ3v) is 4.08. The minimum atomic E-state index is -0.480. The molecule has 4 aromatic rings. The van der Waals surface area contributed by atoms with Crippen molar-refractivity contribution < 1.29 is 23.3 Å². The summed E-state index contributed by atoms with van der Waals surface area (Å²) in [5, 5.41) is 6.44. The normalized spacial score (nSPS) is 10.5. The summed E-state index contributed by atoms with van der Waals surface area (Å²) < 4.78 is 15.7. The zero-order valence-corrected chi connectivity index (χ0v) is 15.2. The van der Waals surface area contributed by atoms with E-state index in [-0.39, 0.29) is 12.3 Å². The molecule has 7 heteroatoms. The maximum absolute atomic E-state index is 12.4. The Morgan fingerprint density at radius 2 is 1.79 bits per heavy atom. The van der Waals surface area contributed by atoms with Crippen molar-refractivity contribution in [2.45, 2.75) is 6.61 Å². The Morgan fingerprint density at radius 1 is 0.931 bits per heavy atom. The van der Waals surface area contributed by atoms with E-state index in [9.17, 15) is 9.59 Å². The Kier molecular flexibility index (Phi) is 5.20. The third kappa shape index (κ3) is 4.41. The SMILES string of the molecule is O=C(OCc1ccccc1)c1cccc(NC(=O)c2cc(-c3ccco3)on2)c1. The number of furan rings is 1. The average molecular weight is 388 g/mol. The fourth-order valence-corrected chi connectivity index (χ4v) is 2.64. The molecule has 0 fully saturated rings. The van der Waals surface area contributed by atoms with Gasteiger partial charge in [0.1, 0.15) is 6.61 Å². The molecule has 2 heterocycles. The van der Waals surface area contributed by atoms with Crippen molar-refractivity contribution >= 4 is 17.6 Å². The number of hydrogen-bond acceptors (Lipinski definition) is 6. The molecule has 0 atom stereocenters. The monoisotopic (exact) mass is 388 g/mol. The first kappa shape index (κ1) is 18.2. The molecule has 0 radical (unpaired) electrons. The van der Waals surface area contributed by atoms with Crippen LogP contribution in [0.2, 0.25) is 0 Å². The molecule has 4 rings (SSSR count). The second kappa shape index (κ2) is 8.26. The van der Waals surface area contributed by atoms with Gasteiger partial charge in [0.25, 0.3) is 5.91 Å². The number of rotatable bonds is 6. The molecule has 1 N–H and O–H groups in total. The van der Waals surface area contributed by atoms with Gasteiger partial charge in [-0.1, -0.05) is 41.6 Å². The molecule has 0 aliphatic heterocycles. The zero-order chi connectivity index (χ0) is 20.1. The van der Waals surface area contributed by atoms with Crippen LogP contribution in [0.4, 0.5) is 5.69 Å². The topological polar surface area (TPSA) is 94.6 Å². The molecule has 0 aliphatic rings. The number of aromatic nitrogens is 1. The summed E-state index contributed by atoms with van der Waals surface area (Å²) in [5.41, 5.74) is 1.75. The highest BCUT2D eigenvalue weighted by Crippen LogP contribution is 2.21. The van der Waals surface area contributed by atoms with Gasteiger partial charge >= 0.3 is 5.97 Å². The Morgan fingerprint density at radius 3 is 2.59 bits per heavy atom. The van der Waals surface area contributed by atoms with Crippen LogP contribution in [0.5, 0.6) is 0 Å². The minimum absolute atomic E-state index is 0.0912. The Hall–Kier alpha value is -4.13. The predicted molar refractivity (Wildman–Crippen MR) is 104 cm³/mol. The van der Waals surface area contributed by atoms with Gasteiger partial charge in [0, 0.05) is 11.8 Å². The lowest BCUT2D eigenvalue weighted by atomic mass is 10.2. The van der Waals surface area contributed by atoms with Crippen molar-refractivity contribution in [1.82, 2.24) is 5.16 Å². The van der Waals surface area contributed by atoms with Crippen LogP contribution in [0, 0.1) is 0 Å². The molecule has 144 valence electrons. The van der Waals surface area contributed by atoms with E-state index in [0.29, 0.717) is 22.8 Å². The number of nitrogens with zero attached hydrogens (tertiary/aromatic N) is 1. The standard InChI is InChI=1S/C22H16N2O5/c25-21(18-13-20(29-24-18)19-10-5-11-27-19)23-17-9-4-8-16(12-17)22(26)28-14-15-6-2-1-3-7-15/h1-13H,14H2,(H,23,25). The number of hydrogen-bond donors (Lipinski definition) is 1. The molecule has 7 nitrogen and oxygen atoms in total. The summed E-state index contributed by atoms with van der Waals surface area (Å²) >= 11 is 0. The summed E-state index contributed by atoms with van der Waals surface area (Å²) in [7, 11) is 0. The summed E-state index contributed by atoms with van der Waals surface area (Å²) in [6, 6.07) is 20.8. The van der Waals surface area contributed by atoms with Crippen LogP contribution in [0.3, 0.4) is 0 Å². The number of benzene rings is 2. The second-order valence-electron chi connectivity index (χ2n) is 6.15. The smallest absolute Gasteiger partial charge is 0.338 e. The lowest BCUT2D eigenvalue weighted by Crippen LogP contribution is -2.13. The average Bonchev–Trinajstić information content (AvgIpc) is 3.45. The van der Waals surface area contributed by atoms with Gasteiger partial charge in [-0.15, -0.1) is 0 Å². The van der Waals surface area contributed by atoms with E-state index in [1.54, 1.807) is 36.4 Å². The summed E-state index contributed by atoms with van der Waals surface area (Å²) in [6.07, 6.45) is 1.50. The van der Waals surface area contributed by atoms with E-state index >= 15 is 0 Å². The number of carbonyl (C=O) groups excluding carboxylic acids is 2. The van der Waals surface area contributed by atoms with Crippen molar-refractivity contribution in [3.8, 4) is 11.5 Å².